The molecule has 2 aromatic rings. The fourth-order valence-electron chi connectivity index (χ4n) is 2.39. The van der Waals surface area contributed by atoms with Crippen molar-refractivity contribution >= 4 is 0 Å². The topological polar surface area (TPSA) is 40.8 Å². The maximum atomic E-state index is 13.4. The van der Waals surface area contributed by atoms with E-state index in [-0.39, 0.29) is 5.82 Å². The summed E-state index contributed by atoms with van der Waals surface area (Å²) >= 11 is 0. The number of benzene rings is 1. The van der Waals surface area contributed by atoms with Gasteiger partial charge in [-0.05, 0) is 48.9 Å². The first-order valence-electron chi connectivity index (χ1n) is 6.68. The van der Waals surface area contributed by atoms with Crippen LogP contribution in [0.1, 0.15) is 36.1 Å². The molecule has 2 rings (SSSR count). The van der Waals surface area contributed by atoms with Gasteiger partial charge in [-0.25, -0.2) is 4.39 Å². The van der Waals surface area contributed by atoms with Crippen LogP contribution >= 0.6 is 0 Å². The summed E-state index contributed by atoms with van der Waals surface area (Å²) in [6.07, 6.45) is 5.05. The Morgan fingerprint density at radius 3 is 2.85 bits per heavy atom. The van der Waals surface area contributed by atoms with Crippen LogP contribution < -0.4 is 5.32 Å². The van der Waals surface area contributed by atoms with Crippen molar-refractivity contribution in [2.75, 3.05) is 7.05 Å². The van der Waals surface area contributed by atoms with E-state index in [1.807, 2.05) is 23.9 Å². The van der Waals surface area contributed by atoms with Crippen LogP contribution in [0.2, 0.25) is 0 Å². The summed E-state index contributed by atoms with van der Waals surface area (Å²) in [4.78, 5) is 0. The van der Waals surface area contributed by atoms with E-state index in [4.69, 9.17) is 5.26 Å². The molecule has 1 aromatic heterocycles. The molecule has 0 radical (unpaired) electrons. The fraction of sp³-hybridized carbons (Fsp3) is 0.312. The lowest BCUT2D eigenvalue weighted by molar-refractivity contribution is 0.575. The molecule has 1 unspecified atom stereocenters. The van der Waals surface area contributed by atoms with E-state index < -0.39 is 0 Å². The average molecular weight is 271 g/mol. The number of hydrogen-bond donors (Lipinski definition) is 1. The number of nitrogens with one attached hydrogen (secondary N) is 1. The third kappa shape index (κ3) is 3.25. The Bertz CT molecular complexity index is 621. The lowest BCUT2D eigenvalue weighted by atomic mass is 10.1. The monoisotopic (exact) mass is 271 g/mol. The second-order valence-electron chi connectivity index (χ2n) is 4.83. The maximum absolute atomic E-state index is 13.4. The van der Waals surface area contributed by atoms with E-state index in [1.165, 1.54) is 17.7 Å². The molecule has 0 saturated heterocycles. The molecule has 0 aliphatic rings. The molecular weight excluding hydrogens is 253 g/mol. The van der Waals surface area contributed by atoms with Crippen molar-refractivity contribution in [2.24, 2.45) is 0 Å². The Hall–Kier alpha value is -2.12. The van der Waals surface area contributed by atoms with Crippen LogP contribution in [0.3, 0.4) is 0 Å². The van der Waals surface area contributed by atoms with Crippen LogP contribution in [0.25, 0.3) is 0 Å². The van der Waals surface area contributed by atoms with Gasteiger partial charge in [-0.15, -0.1) is 0 Å². The Morgan fingerprint density at radius 2 is 2.20 bits per heavy atom. The van der Waals surface area contributed by atoms with Crippen LogP contribution in [0.5, 0.6) is 0 Å². The Labute approximate surface area is 118 Å². The molecule has 0 aliphatic carbocycles. The fourth-order valence-corrected chi connectivity index (χ4v) is 2.39. The highest BCUT2D eigenvalue weighted by molar-refractivity contribution is 5.34. The molecule has 0 bridgehead atoms. The molecule has 1 N–H and O–H groups in total. The maximum Gasteiger partial charge on any atom is 0.124 e. The Balaban J connectivity index is 2.19. The first-order valence-corrected chi connectivity index (χ1v) is 6.68. The quantitative estimate of drug-likeness (QED) is 0.907. The molecule has 0 amide bonds. The molecule has 20 heavy (non-hydrogen) atoms. The molecule has 104 valence electrons. The van der Waals surface area contributed by atoms with E-state index in [0.717, 1.165) is 12.0 Å². The highest BCUT2D eigenvalue weighted by atomic mass is 19.1. The van der Waals surface area contributed by atoms with Gasteiger partial charge in [0.25, 0.3) is 0 Å². The number of nitriles is 1. The zero-order chi connectivity index (χ0) is 14.5. The van der Waals surface area contributed by atoms with Crippen LogP contribution in [0.15, 0.2) is 36.7 Å². The van der Waals surface area contributed by atoms with Crippen molar-refractivity contribution in [3.05, 3.63) is 59.2 Å². The molecular formula is C16H18FN3. The predicted molar refractivity (Wildman–Crippen MR) is 76.7 cm³/mol. The molecule has 1 atom stereocenters. The lowest BCUT2D eigenvalue weighted by Gasteiger charge is -2.11. The van der Waals surface area contributed by atoms with Gasteiger partial charge in [-0.3, -0.25) is 0 Å². The van der Waals surface area contributed by atoms with Crippen LogP contribution in [-0.2, 0) is 6.54 Å². The van der Waals surface area contributed by atoms with Crippen molar-refractivity contribution in [3.63, 3.8) is 0 Å². The van der Waals surface area contributed by atoms with Gasteiger partial charge >= 0.3 is 0 Å². The molecule has 0 aliphatic heterocycles. The predicted octanol–water partition coefficient (Wildman–Crippen LogP) is 3.22. The van der Waals surface area contributed by atoms with Crippen molar-refractivity contribution < 1.29 is 4.39 Å². The van der Waals surface area contributed by atoms with E-state index in [9.17, 15) is 4.39 Å². The molecule has 0 spiro atoms. The van der Waals surface area contributed by atoms with Gasteiger partial charge in [0.15, 0.2) is 0 Å². The van der Waals surface area contributed by atoms with E-state index in [0.29, 0.717) is 18.2 Å². The van der Waals surface area contributed by atoms with Crippen molar-refractivity contribution in [1.82, 2.24) is 9.88 Å². The third-order valence-corrected chi connectivity index (χ3v) is 3.38. The summed E-state index contributed by atoms with van der Waals surface area (Å²) in [6, 6.07) is 8.81. The van der Waals surface area contributed by atoms with Gasteiger partial charge in [0.2, 0.25) is 0 Å². The Kier molecular flexibility index (Phi) is 4.54. The van der Waals surface area contributed by atoms with Gasteiger partial charge in [0, 0.05) is 25.0 Å². The lowest BCUT2D eigenvalue weighted by Crippen LogP contribution is -2.14. The van der Waals surface area contributed by atoms with Gasteiger partial charge in [-0.1, -0.05) is 6.92 Å². The number of nitrogens with zero attached hydrogens (tertiary/aromatic N) is 2. The van der Waals surface area contributed by atoms with Gasteiger partial charge in [0.1, 0.15) is 5.82 Å². The largest absolute Gasteiger partial charge is 0.350 e. The summed E-state index contributed by atoms with van der Waals surface area (Å²) in [6.45, 7) is 2.69. The molecule has 3 nitrogen and oxygen atoms in total. The van der Waals surface area contributed by atoms with E-state index in [2.05, 4.69) is 24.5 Å². The molecule has 1 heterocycles. The Morgan fingerprint density at radius 1 is 1.40 bits per heavy atom. The van der Waals surface area contributed by atoms with Crippen LogP contribution in [-0.4, -0.2) is 11.6 Å². The average Bonchev–Trinajstić information content (AvgIpc) is 2.88. The zero-order valence-corrected chi connectivity index (χ0v) is 11.7. The van der Waals surface area contributed by atoms with Gasteiger partial charge in [0.05, 0.1) is 11.6 Å². The summed E-state index contributed by atoms with van der Waals surface area (Å²) in [5.41, 5.74) is 2.36. The summed E-state index contributed by atoms with van der Waals surface area (Å²) in [5, 5.41) is 12.1. The van der Waals surface area contributed by atoms with Crippen molar-refractivity contribution in [3.8, 4) is 6.07 Å². The number of halogens is 1. The SMILES string of the molecule is CCC(NC)c1ccn(Cc2cc(F)cc(C#N)c2)c1. The van der Waals surface area contributed by atoms with Crippen LogP contribution in [0, 0.1) is 17.1 Å². The zero-order valence-electron chi connectivity index (χ0n) is 11.7. The minimum absolute atomic E-state index is 0.332. The van der Waals surface area contributed by atoms with Gasteiger partial charge in [-0.2, -0.15) is 5.26 Å². The van der Waals surface area contributed by atoms with E-state index in [1.54, 1.807) is 6.07 Å². The van der Waals surface area contributed by atoms with Gasteiger partial charge < -0.3 is 9.88 Å². The second-order valence-corrected chi connectivity index (χ2v) is 4.83. The normalized spacial score (nSPS) is 12.1. The summed E-state index contributed by atoms with van der Waals surface area (Å²) < 4.78 is 15.4. The summed E-state index contributed by atoms with van der Waals surface area (Å²) in [7, 11) is 1.94. The smallest absolute Gasteiger partial charge is 0.124 e. The van der Waals surface area contributed by atoms with Crippen molar-refractivity contribution in [2.45, 2.75) is 25.9 Å². The molecule has 0 fully saturated rings. The first kappa shape index (κ1) is 14.3. The number of hydrogen-bond acceptors (Lipinski definition) is 2. The highest BCUT2D eigenvalue weighted by Crippen LogP contribution is 2.17. The molecule has 0 saturated carbocycles. The number of aromatic nitrogens is 1. The minimum Gasteiger partial charge on any atom is -0.350 e. The standard InChI is InChI=1S/C16H18FN3/c1-3-16(19-2)14-4-5-20(11-14)10-13-6-12(9-18)7-15(17)8-13/h4-8,11,16,19H,3,10H2,1-2H3. The highest BCUT2D eigenvalue weighted by Gasteiger charge is 2.08. The molecule has 1 aromatic carbocycles. The second kappa shape index (κ2) is 6.36. The molecule has 4 heteroatoms. The minimum atomic E-state index is -0.368. The summed E-state index contributed by atoms with van der Waals surface area (Å²) in [5.74, 6) is -0.368. The van der Waals surface area contributed by atoms with Crippen molar-refractivity contribution in [1.29, 1.82) is 5.26 Å². The number of rotatable bonds is 5. The first-order chi connectivity index (χ1) is 9.66. The van der Waals surface area contributed by atoms with E-state index >= 15 is 0 Å². The third-order valence-electron chi connectivity index (χ3n) is 3.38. The van der Waals surface area contributed by atoms with Crippen LogP contribution in [0.4, 0.5) is 4.39 Å².